The molecule has 1 aliphatic heterocycles. The van der Waals surface area contributed by atoms with Crippen molar-refractivity contribution >= 4 is 11.8 Å². The normalized spacial score (nSPS) is 26.7. The van der Waals surface area contributed by atoms with E-state index in [1.807, 2.05) is 11.8 Å². The third-order valence-corrected chi connectivity index (χ3v) is 5.20. The maximum atomic E-state index is 5.99. The van der Waals surface area contributed by atoms with Gasteiger partial charge < -0.3 is 9.47 Å². The molecule has 0 radical (unpaired) electrons. The Morgan fingerprint density at radius 3 is 2.89 bits per heavy atom. The van der Waals surface area contributed by atoms with Gasteiger partial charge in [-0.2, -0.15) is 0 Å². The first-order valence-electron chi connectivity index (χ1n) is 6.79. The number of rotatable bonds is 2. The number of hydrogen-bond acceptors (Lipinski definition) is 4. The molecule has 4 heteroatoms. The van der Waals surface area contributed by atoms with Crippen LogP contribution in [0, 0.1) is 0 Å². The highest BCUT2D eigenvalue weighted by Crippen LogP contribution is 2.38. The molecule has 0 N–H and O–H groups in total. The number of nitrogens with zero attached hydrogens (tertiary/aromatic N) is 1. The summed E-state index contributed by atoms with van der Waals surface area (Å²) in [7, 11) is 3.97. The molecule has 1 fully saturated rings. The van der Waals surface area contributed by atoms with E-state index >= 15 is 0 Å². The average Bonchev–Trinajstić information content (AvgIpc) is 2.45. The Morgan fingerprint density at radius 1 is 1.32 bits per heavy atom. The van der Waals surface area contributed by atoms with Gasteiger partial charge in [0.15, 0.2) is 0 Å². The van der Waals surface area contributed by atoms with E-state index in [1.54, 1.807) is 7.11 Å². The van der Waals surface area contributed by atoms with Gasteiger partial charge in [0.2, 0.25) is 0 Å². The van der Waals surface area contributed by atoms with Crippen molar-refractivity contribution in [1.29, 1.82) is 0 Å². The van der Waals surface area contributed by atoms with Gasteiger partial charge in [-0.15, -0.1) is 11.8 Å². The van der Waals surface area contributed by atoms with E-state index < -0.39 is 0 Å². The number of likely N-dealkylation sites (N-methyl/N-ethyl adjacent to an activating group) is 1. The maximum absolute atomic E-state index is 5.99. The van der Waals surface area contributed by atoms with Gasteiger partial charge in [-0.05, 0) is 37.4 Å². The molecule has 0 spiro atoms. The standard InChI is InChI=1S/C15H21NO2S/c1-16-6-7-18-14-9-11-10(8-12(14)16)13(17-2)4-5-15(11)19-3/h4-5,12,14H,6-9H2,1-3H3/t12-,14-/m1/s1. The van der Waals surface area contributed by atoms with Gasteiger partial charge >= 0.3 is 0 Å². The summed E-state index contributed by atoms with van der Waals surface area (Å²) < 4.78 is 11.5. The summed E-state index contributed by atoms with van der Waals surface area (Å²) in [6.45, 7) is 1.88. The Bertz CT molecular complexity index is 477. The molecule has 0 unspecified atom stereocenters. The second-order valence-corrected chi connectivity index (χ2v) is 6.14. The van der Waals surface area contributed by atoms with Crippen molar-refractivity contribution in [2.45, 2.75) is 29.9 Å². The molecule has 0 bridgehead atoms. The van der Waals surface area contributed by atoms with E-state index in [9.17, 15) is 0 Å². The molecular weight excluding hydrogens is 258 g/mol. The summed E-state index contributed by atoms with van der Waals surface area (Å²) in [5.41, 5.74) is 2.82. The zero-order valence-corrected chi connectivity index (χ0v) is 12.6. The van der Waals surface area contributed by atoms with Gasteiger partial charge in [-0.1, -0.05) is 0 Å². The molecule has 3 nitrogen and oxygen atoms in total. The van der Waals surface area contributed by atoms with Gasteiger partial charge in [0, 0.05) is 29.5 Å². The molecule has 1 heterocycles. The molecule has 3 rings (SSSR count). The largest absolute Gasteiger partial charge is 0.496 e. The van der Waals surface area contributed by atoms with Gasteiger partial charge in [-0.3, -0.25) is 4.90 Å². The summed E-state index contributed by atoms with van der Waals surface area (Å²) in [5.74, 6) is 1.03. The topological polar surface area (TPSA) is 21.7 Å². The number of benzene rings is 1. The van der Waals surface area contributed by atoms with E-state index in [0.717, 1.165) is 31.7 Å². The predicted molar refractivity (Wildman–Crippen MR) is 78.3 cm³/mol. The summed E-state index contributed by atoms with van der Waals surface area (Å²) >= 11 is 1.82. The Hall–Kier alpha value is -0.710. The van der Waals surface area contributed by atoms with Crippen LogP contribution in [0.25, 0.3) is 0 Å². The first-order valence-corrected chi connectivity index (χ1v) is 8.01. The lowest BCUT2D eigenvalue weighted by molar-refractivity contribution is -0.0649. The smallest absolute Gasteiger partial charge is 0.122 e. The number of ether oxygens (including phenoxy) is 2. The van der Waals surface area contributed by atoms with Gasteiger partial charge in [0.25, 0.3) is 0 Å². The van der Waals surface area contributed by atoms with Gasteiger partial charge in [0.1, 0.15) is 5.75 Å². The summed E-state index contributed by atoms with van der Waals surface area (Å²) in [6, 6.07) is 4.77. The predicted octanol–water partition coefficient (Wildman–Crippen LogP) is 2.21. The van der Waals surface area contributed by atoms with Gasteiger partial charge in [0.05, 0.1) is 19.8 Å². The molecule has 1 aromatic rings. The summed E-state index contributed by atoms with van der Waals surface area (Å²) in [4.78, 5) is 3.80. The van der Waals surface area contributed by atoms with Crippen LogP contribution in [0.3, 0.4) is 0 Å². The Morgan fingerprint density at radius 2 is 2.16 bits per heavy atom. The maximum Gasteiger partial charge on any atom is 0.122 e. The summed E-state index contributed by atoms with van der Waals surface area (Å²) in [5, 5.41) is 0. The first-order chi connectivity index (χ1) is 9.24. The van der Waals surface area contributed by atoms with Crippen molar-refractivity contribution in [3.8, 4) is 5.75 Å². The molecule has 1 saturated heterocycles. The molecule has 1 aromatic carbocycles. The molecule has 0 saturated carbocycles. The lowest BCUT2D eigenvalue weighted by Crippen LogP contribution is -2.53. The second kappa shape index (κ2) is 5.35. The lowest BCUT2D eigenvalue weighted by Gasteiger charge is -2.43. The van der Waals surface area contributed by atoms with Crippen molar-refractivity contribution in [3.63, 3.8) is 0 Å². The van der Waals surface area contributed by atoms with Crippen LogP contribution in [-0.2, 0) is 17.6 Å². The monoisotopic (exact) mass is 279 g/mol. The molecule has 0 aromatic heterocycles. The first kappa shape index (κ1) is 13.3. The van der Waals surface area contributed by atoms with Crippen molar-refractivity contribution in [1.82, 2.24) is 4.90 Å². The Balaban J connectivity index is 2.02. The number of methoxy groups -OCH3 is 1. The van der Waals surface area contributed by atoms with Crippen LogP contribution in [0.2, 0.25) is 0 Å². The minimum Gasteiger partial charge on any atom is -0.496 e. The van der Waals surface area contributed by atoms with E-state index in [-0.39, 0.29) is 0 Å². The minimum atomic E-state index is 0.337. The highest BCUT2D eigenvalue weighted by atomic mass is 32.2. The SMILES string of the molecule is COc1ccc(SC)c2c1C[C@@H]1[C@@H](C2)OCCN1C. The van der Waals surface area contributed by atoms with Crippen LogP contribution in [0.15, 0.2) is 17.0 Å². The fourth-order valence-electron chi connectivity index (χ4n) is 3.28. The number of morpholine rings is 1. The fourth-order valence-corrected chi connectivity index (χ4v) is 3.94. The quantitative estimate of drug-likeness (QED) is 0.774. The van der Waals surface area contributed by atoms with E-state index in [2.05, 4.69) is 30.3 Å². The molecule has 104 valence electrons. The van der Waals surface area contributed by atoms with E-state index in [0.29, 0.717) is 12.1 Å². The van der Waals surface area contributed by atoms with E-state index in [4.69, 9.17) is 9.47 Å². The zero-order valence-electron chi connectivity index (χ0n) is 11.8. The fraction of sp³-hybridized carbons (Fsp3) is 0.600. The molecular formula is C15H21NO2S. The van der Waals surface area contributed by atoms with Crippen LogP contribution in [0.5, 0.6) is 5.75 Å². The van der Waals surface area contributed by atoms with Crippen LogP contribution < -0.4 is 4.74 Å². The highest BCUT2D eigenvalue weighted by molar-refractivity contribution is 7.98. The summed E-state index contributed by atoms with van der Waals surface area (Å²) in [6.07, 6.45) is 4.53. The molecule has 2 atom stereocenters. The van der Waals surface area contributed by atoms with Crippen LogP contribution in [-0.4, -0.2) is 50.6 Å². The van der Waals surface area contributed by atoms with E-state index in [1.165, 1.54) is 16.0 Å². The number of hydrogen-bond donors (Lipinski definition) is 0. The molecule has 19 heavy (non-hydrogen) atoms. The molecule has 1 aliphatic carbocycles. The third-order valence-electron chi connectivity index (χ3n) is 4.37. The lowest BCUT2D eigenvalue weighted by atomic mass is 9.84. The molecule has 0 amide bonds. The third kappa shape index (κ3) is 2.26. The van der Waals surface area contributed by atoms with Crippen LogP contribution in [0.1, 0.15) is 11.1 Å². The number of fused-ring (bicyclic) bond motifs is 2. The number of thioether (sulfide) groups is 1. The highest BCUT2D eigenvalue weighted by Gasteiger charge is 2.36. The van der Waals surface area contributed by atoms with Crippen molar-refractivity contribution in [3.05, 3.63) is 23.3 Å². The Labute approximate surface area is 119 Å². The average molecular weight is 279 g/mol. The van der Waals surface area contributed by atoms with Crippen molar-refractivity contribution < 1.29 is 9.47 Å². The minimum absolute atomic E-state index is 0.337. The van der Waals surface area contributed by atoms with Crippen LogP contribution >= 0.6 is 11.8 Å². The molecule has 2 aliphatic rings. The zero-order chi connectivity index (χ0) is 13.4. The van der Waals surface area contributed by atoms with Crippen LogP contribution in [0.4, 0.5) is 0 Å². The Kier molecular flexibility index (Phi) is 3.74. The van der Waals surface area contributed by atoms with Crippen molar-refractivity contribution in [2.24, 2.45) is 0 Å². The van der Waals surface area contributed by atoms with Gasteiger partial charge in [-0.25, -0.2) is 0 Å². The van der Waals surface area contributed by atoms with Crippen molar-refractivity contribution in [2.75, 3.05) is 33.6 Å². The second-order valence-electron chi connectivity index (χ2n) is 5.29.